The van der Waals surface area contributed by atoms with Gasteiger partial charge in [-0.3, -0.25) is 0 Å². The molecule has 2 fully saturated rings. The summed E-state index contributed by atoms with van der Waals surface area (Å²) in [5, 5.41) is 0. The molecule has 2 nitrogen and oxygen atoms in total. The van der Waals surface area contributed by atoms with E-state index in [0.717, 1.165) is 24.8 Å². The van der Waals surface area contributed by atoms with E-state index in [-0.39, 0.29) is 5.73 Å². The molecule has 17 heavy (non-hydrogen) atoms. The predicted octanol–water partition coefficient (Wildman–Crippen LogP) is 3.66. The summed E-state index contributed by atoms with van der Waals surface area (Å²) in [6, 6.07) is 0. The minimum atomic E-state index is -0.798. The minimum Gasteiger partial charge on any atom is -0.398 e. The second kappa shape index (κ2) is 4.09. The Bertz CT molecular complexity index is 325. The van der Waals surface area contributed by atoms with Gasteiger partial charge in [0.1, 0.15) is 5.73 Å². The zero-order valence-corrected chi connectivity index (χ0v) is 11.5. The van der Waals surface area contributed by atoms with Crippen LogP contribution in [0.4, 0.5) is 4.39 Å². The Balaban J connectivity index is 2.07. The fourth-order valence-corrected chi connectivity index (χ4v) is 2.23. The molecule has 0 bridgehead atoms. The topological polar surface area (TPSA) is 18.5 Å². The lowest BCUT2D eigenvalue weighted by molar-refractivity contribution is 0.00578. The van der Waals surface area contributed by atoms with Crippen molar-refractivity contribution in [1.29, 1.82) is 0 Å². The molecular formula is C13H22BFO2. The van der Waals surface area contributed by atoms with Crippen molar-refractivity contribution in [2.45, 2.75) is 65.1 Å². The average molecular weight is 240 g/mol. The smallest absolute Gasteiger partial charge is 0.398 e. The highest BCUT2D eigenvalue weighted by atomic mass is 19.1. The molecule has 0 amide bonds. The highest BCUT2D eigenvalue weighted by Crippen LogP contribution is 2.43. The van der Waals surface area contributed by atoms with E-state index in [9.17, 15) is 4.39 Å². The first-order valence-corrected chi connectivity index (χ1v) is 6.50. The van der Waals surface area contributed by atoms with Gasteiger partial charge in [-0.2, -0.15) is 0 Å². The normalized spacial score (nSPS) is 30.4. The lowest BCUT2D eigenvalue weighted by Gasteiger charge is -2.32. The Labute approximate surface area is 104 Å². The summed E-state index contributed by atoms with van der Waals surface area (Å²) in [5.74, 6) is 0.651. The molecular weight excluding hydrogens is 218 g/mol. The van der Waals surface area contributed by atoms with E-state index in [2.05, 4.69) is 6.92 Å². The van der Waals surface area contributed by atoms with Gasteiger partial charge in [0, 0.05) is 0 Å². The molecule has 2 rings (SSSR count). The highest BCUT2D eigenvalue weighted by Gasteiger charge is 2.53. The van der Waals surface area contributed by atoms with Gasteiger partial charge >= 0.3 is 7.12 Å². The van der Waals surface area contributed by atoms with Gasteiger partial charge in [-0.25, -0.2) is 4.39 Å². The number of hydrogen-bond acceptors (Lipinski definition) is 2. The summed E-state index contributed by atoms with van der Waals surface area (Å²) in [7, 11) is -0.798. The van der Waals surface area contributed by atoms with Crippen LogP contribution in [0.2, 0.25) is 0 Å². The van der Waals surface area contributed by atoms with Gasteiger partial charge in [0.25, 0.3) is 0 Å². The van der Waals surface area contributed by atoms with Crippen molar-refractivity contribution in [3.05, 3.63) is 11.3 Å². The Morgan fingerprint density at radius 2 is 1.71 bits per heavy atom. The molecule has 0 radical (unpaired) electrons. The first-order valence-electron chi connectivity index (χ1n) is 6.50. The van der Waals surface area contributed by atoms with Gasteiger partial charge in [-0.1, -0.05) is 13.3 Å². The SMILES string of the molecule is CCC1CC(=C(F)B2OC(C)(C)C(C)(C)O2)C1. The molecule has 0 unspecified atom stereocenters. The van der Waals surface area contributed by atoms with Crippen molar-refractivity contribution in [2.24, 2.45) is 5.92 Å². The lowest BCUT2D eigenvalue weighted by atomic mass is 9.71. The molecule has 0 aromatic rings. The molecule has 4 heteroatoms. The van der Waals surface area contributed by atoms with Crippen molar-refractivity contribution >= 4 is 7.12 Å². The predicted molar refractivity (Wildman–Crippen MR) is 67.2 cm³/mol. The summed E-state index contributed by atoms with van der Waals surface area (Å²) in [4.78, 5) is 0. The van der Waals surface area contributed by atoms with Crippen molar-refractivity contribution in [2.75, 3.05) is 0 Å². The Morgan fingerprint density at radius 1 is 1.24 bits per heavy atom. The molecule has 96 valence electrons. The van der Waals surface area contributed by atoms with Crippen LogP contribution in [0.5, 0.6) is 0 Å². The number of allylic oxidation sites excluding steroid dienone is 1. The molecule has 2 aliphatic rings. The second-order valence-electron chi connectivity index (χ2n) is 6.22. The van der Waals surface area contributed by atoms with E-state index in [4.69, 9.17) is 9.31 Å². The summed E-state index contributed by atoms with van der Waals surface area (Å²) < 4.78 is 25.6. The highest BCUT2D eigenvalue weighted by molar-refractivity contribution is 6.53. The average Bonchev–Trinajstić information content (AvgIpc) is 2.34. The largest absolute Gasteiger partial charge is 0.525 e. The molecule has 1 saturated carbocycles. The standard InChI is InChI=1S/C13H22BFO2/c1-6-9-7-10(8-9)11(15)14-16-12(2,3)13(4,5)17-14/h9H,6-8H2,1-5H3. The molecule has 0 aromatic heterocycles. The van der Waals surface area contributed by atoms with E-state index < -0.39 is 18.3 Å². The van der Waals surface area contributed by atoms with E-state index in [1.807, 2.05) is 27.7 Å². The quantitative estimate of drug-likeness (QED) is 0.685. The van der Waals surface area contributed by atoms with Crippen molar-refractivity contribution < 1.29 is 13.7 Å². The number of halogens is 1. The molecule has 0 N–H and O–H groups in total. The Morgan fingerprint density at radius 3 is 2.12 bits per heavy atom. The maximum atomic E-state index is 14.2. The van der Waals surface area contributed by atoms with E-state index in [1.54, 1.807) is 0 Å². The fourth-order valence-electron chi connectivity index (χ4n) is 2.23. The zero-order valence-electron chi connectivity index (χ0n) is 11.5. The van der Waals surface area contributed by atoms with Gasteiger partial charge in [-0.15, -0.1) is 0 Å². The van der Waals surface area contributed by atoms with Gasteiger partial charge in [-0.05, 0) is 52.0 Å². The summed E-state index contributed by atoms with van der Waals surface area (Å²) in [6.07, 6.45) is 2.86. The van der Waals surface area contributed by atoms with Gasteiger partial charge in [0.2, 0.25) is 0 Å². The van der Waals surface area contributed by atoms with E-state index in [0.29, 0.717) is 5.92 Å². The summed E-state index contributed by atoms with van der Waals surface area (Å²) in [6.45, 7) is 9.93. The van der Waals surface area contributed by atoms with Crippen LogP contribution in [-0.4, -0.2) is 18.3 Å². The van der Waals surface area contributed by atoms with Gasteiger partial charge < -0.3 is 9.31 Å². The molecule has 0 aromatic carbocycles. The fraction of sp³-hybridized carbons (Fsp3) is 0.846. The van der Waals surface area contributed by atoms with Crippen LogP contribution in [-0.2, 0) is 9.31 Å². The molecule has 1 heterocycles. The summed E-state index contributed by atoms with van der Waals surface area (Å²) in [5.41, 5.74) is -0.212. The molecule has 1 aliphatic carbocycles. The van der Waals surface area contributed by atoms with Gasteiger partial charge in [0.15, 0.2) is 0 Å². The molecule has 1 saturated heterocycles. The first kappa shape index (κ1) is 13.1. The van der Waals surface area contributed by atoms with E-state index in [1.165, 1.54) is 0 Å². The number of hydrogen-bond donors (Lipinski definition) is 0. The van der Waals surface area contributed by atoms with Crippen LogP contribution in [0.1, 0.15) is 53.9 Å². The first-order chi connectivity index (χ1) is 7.77. The van der Waals surface area contributed by atoms with Crippen molar-refractivity contribution in [1.82, 2.24) is 0 Å². The molecule has 1 aliphatic heterocycles. The maximum Gasteiger partial charge on any atom is 0.525 e. The Kier molecular flexibility index (Phi) is 3.15. The third-order valence-corrected chi connectivity index (χ3v) is 4.45. The van der Waals surface area contributed by atoms with Crippen LogP contribution in [0.15, 0.2) is 11.3 Å². The molecule has 0 atom stereocenters. The van der Waals surface area contributed by atoms with Crippen LogP contribution in [0.3, 0.4) is 0 Å². The van der Waals surface area contributed by atoms with Crippen LogP contribution < -0.4 is 0 Å². The Hall–Kier alpha value is -0.345. The second-order valence-corrected chi connectivity index (χ2v) is 6.22. The monoisotopic (exact) mass is 240 g/mol. The van der Waals surface area contributed by atoms with Crippen LogP contribution in [0.25, 0.3) is 0 Å². The van der Waals surface area contributed by atoms with Crippen molar-refractivity contribution in [3.8, 4) is 0 Å². The third-order valence-electron chi connectivity index (χ3n) is 4.45. The van der Waals surface area contributed by atoms with E-state index >= 15 is 0 Å². The lowest BCUT2D eigenvalue weighted by Crippen LogP contribution is -2.41. The van der Waals surface area contributed by atoms with Gasteiger partial charge in [0.05, 0.1) is 11.2 Å². The number of rotatable bonds is 2. The van der Waals surface area contributed by atoms with Crippen LogP contribution >= 0.6 is 0 Å². The zero-order chi connectivity index (χ0) is 12.8. The maximum absolute atomic E-state index is 14.2. The van der Waals surface area contributed by atoms with Crippen LogP contribution in [0, 0.1) is 5.92 Å². The summed E-state index contributed by atoms with van der Waals surface area (Å²) >= 11 is 0. The third kappa shape index (κ3) is 2.17. The van der Waals surface area contributed by atoms with Crippen molar-refractivity contribution in [3.63, 3.8) is 0 Å². The minimum absolute atomic E-state index is 0.187. The molecule has 0 spiro atoms.